The van der Waals surface area contributed by atoms with Crippen LogP contribution in [0, 0.1) is 11.7 Å². The fraction of sp³-hybridized carbons (Fsp3) is 0.400. The molecule has 1 aromatic heterocycles. The third kappa shape index (κ3) is 4.91. The van der Waals surface area contributed by atoms with Crippen molar-refractivity contribution in [3.05, 3.63) is 82.0 Å². The summed E-state index contributed by atoms with van der Waals surface area (Å²) in [4.78, 5) is 6.36. The standard InChI is InChI=1S/C25H28ClFN4O2S/c1-30-15-25(28-16-30)34(32,33)29-13-19-11-23-18(12-24(19)27)10-20(14-31-6-3-7-31)22(23)9-17-4-2-5-21(26)8-17/h2,4-5,8,11-12,15-16,20,22,29H,3,6-7,9-10,13-14H2,1H3. The summed E-state index contributed by atoms with van der Waals surface area (Å²) in [6.07, 6.45) is 5.71. The van der Waals surface area contributed by atoms with Gasteiger partial charge in [-0.3, -0.25) is 0 Å². The number of aryl methyl sites for hydroxylation is 1. The van der Waals surface area contributed by atoms with Crippen LogP contribution in [0.5, 0.6) is 0 Å². The molecule has 0 amide bonds. The zero-order valence-corrected chi connectivity index (χ0v) is 20.6. The number of likely N-dealkylation sites (tertiary alicyclic amines) is 1. The number of nitrogens with zero attached hydrogens (tertiary/aromatic N) is 3. The fourth-order valence-corrected chi connectivity index (χ4v) is 6.27. The number of aromatic nitrogens is 2. The van der Waals surface area contributed by atoms with E-state index >= 15 is 4.39 Å². The molecule has 1 aliphatic heterocycles. The molecule has 2 aromatic carbocycles. The molecule has 0 spiro atoms. The monoisotopic (exact) mass is 502 g/mol. The van der Waals surface area contributed by atoms with Gasteiger partial charge in [0.2, 0.25) is 0 Å². The van der Waals surface area contributed by atoms with E-state index in [1.807, 2.05) is 24.3 Å². The van der Waals surface area contributed by atoms with Gasteiger partial charge in [-0.25, -0.2) is 22.5 Å². The molecule has 2 atom stereocenters. The average molecular weight is 503 g/mol. The Kier molecular flexibility index (Phi) is 6.50. The summed E-state index contributed by atoms with van der Waals surface area (Å²) in [5.41, 5.74) is 3.63. The van der Waals surface area contributed by atoms with E-state index in [0.717, 1.165) is 49.2 Å². The lowest BCUT2D eigenvalue weighted by Crippen LogP contribution is -2.41. The molecular formula is C25H28ClFN4O2S. The van der Waals surface area contributed by atoms with E-state index in [-0.39, 0.29) is 23.3 Å². The molecule has 2 heterocycles. The zero-order valence-electron chi connectivity index (χ0n) is 19.0. The van der Waals surface area contributed by atoms with Crippen LogP contribution in [-0.4, -0.2) is 42.5 Å². The van der Waals surface area contributed by atoms with E-state index in [4.69, 9.17) is 11.6 Å². The van der Waals surface area contributed by atoms with E-state index in [1.54, 1.807) is 17.7 Å². The van der Waals surface area contributed by atoms with Crippen molar-refractivity contribution >= 4 is 21.6 Å². The molecule has 2 unspecified atom stereocenters. The second kappa shape index (κ2) is 9.41. The summed E-state index contributed by atoms with van der Waals surface area (Å²) in [7, 11) is -2.13. The molecule has 6 nitrogen and oxygen atoms in total. The number of hydrogen-bond acceptors (Lipinski definition) is 4. The normalized spacial score (nSPS) is 20.3. The minimum atomic E-state index is -3.83. The summed E-state index contributed by atoms with van der Waals surface area (Å²) >= 11 is 6.24. The van der Waals surface area contributed by atoms with Crippen molar-refractivity contribution in [2.75, 3.05) is 19.6 Å². The number of nitrogens with one attached hydrogen (secondary N) is 1. The number of imidazole rings is 1. The van der Waals surface area contributed by atoms with Crippen LogP contribution < -0.4 is 4.72 Å². The Morgan fingerprint density at radius 2 is 2.06 bits per heavy atom. The first kappa shape index (κ1) is 23.5. The van der Waals surface area contributed by atoms with Crippen LogP contribution in [0.15, 0.2) is 53.9 Å². The van der Waals surface area contributed by atoms with E-state index in [0.29, 0.717) is 16.5 Å². The minimum Gasteiger partial charge on any atom is -0.339 e. The third-order valence-corrected chi connectivity index (χ3v) is 8.47. The van der Waals surface area contributed by atoms with Crippen molar-refractivity contribution in [2.24, 2.45) is 13.0 Å². The predicted molar refractivity (Wildman–Crippen MR) is 130 cm³/mol. The Morgan fingerprint density at radius 3 is 2.74 bits per heavy atom. The van der Waals surface area contributed by atoms with Gasteiger partial charge in [0, 0.05) is 36.9 Å². The third-order valence-electron chi connectivity index (χ3n) is 6.95. The Morgan fingerprint density at radius 1 is 1.24 bits per heavy atom. The highest BCUT2D eigenvalue weighted by atomic mass is 35.5. The van der Waals surface area contributed by atoms with Crippen LogP contribution in [0.3, 0.4) is 0 Å². The summed E-state index contributed by atoms with van der Waals surface area (Å²) in [6.45, 7) is 3.10. The summed E-state index contributed by atoms with van der Waals surface area (Å²) in [6, 6.07) is 11.4. The van der Waals surface area contributed by atoms with Gasteiger partial charge < -0.3 is 9.47 Å². The van der Waals surface area contributed by atoms with Gasteiger partial charge in [-0.05, 0) is 79.1 Å². The molecule has 1 saturated heterocycles. The van der Waals surface area contributed by atoms with Crippen molar-refractivity contribution in [2.45, 2.75) is 36.8 Å². The molecule has 180 valence electrons. The number of rotatable bonds is 8. The zero-order chi connectivity index (χ0) is 23.9. The SMILES string of the molecule is Cn1cnc(S(=O)(=O)NCc2cc3c(cc2F)CC(CN2CCC2)C3Cc2cccc(Cl)c2)c1. The Balaban J connectivity index is 1.41. The highest BCUT2D eigenvalue weighted by Gasteiger charge is 2.35. The Hall–Kier alpha value is -2.26. The van der Waals surface area contributed by atoms with Gasteiger partial charge >= 0.3 is 0 Å². The molecule has 0 radical (unpaired) electrons. The van der Waals surface area contributed by atoms with E-state index in [9.17, 15) is 8.42 Å². The second-order valence-corrected chi connectivity index (χ2v) is 11.6. The van der Waals surface area contributed by atoms with Crippen LogP contribution in [0.25, 0.3) is 0 Å². The molecular weight excluding hydrogens is 475 g/mol. The first-order chi connectivity index (χ1) is 16.3. The maximum Gasteiger partial charge on any atom is 0.259 e. The van der Waals surface area contributed by atoms with Gasteiger partial charge in [0.15, 0.2) is 5.03 Å². The van der Waals surface area contributed by atoms with Gasteiger partial charge in [0.05, 0.1) is 6.33 Å². The highest BCUT2D eigenvalue weighted by molar-refractivity contribution is 7.89. The first-order valence-corrected chi connectivity index (χ1v) is 13.4. The van der Waals surface area contributed by atoms with Gasteiger partial charge in [-0.1, -0.05) is 29.8 Å². The van der Waals surface area contributed by atoms with Gasteiger partial charge in [-0.15, -0.1) is 0 Å². The Labute approximate surface area is 204 Å². The van der Waals surface area contributed by atoms with Crippen molar-refractivity contribution in [3.63, 3.8) is 0 Å². The van der Waals surface area contributed by atoms with Crippen LogP contribution in [0.4, 0.5) is 4.39 Å². The first-order valence-electron chi connectivity index (χ1n) is 11.5. The van der Waals surface area contributed by atoms with Crippen LogP contribution in [-0.2, 0) is 36.5 Å². The van der Waals surface area contributed by atoms with Crippen molar-refractivity contribution in [1.82, 2.24) is 19.2 Å². The lowest BCUT2D eigenvalue weighted by molar-refractivity contribution is 0.145. The molecule has 9 heteroatoms. The van der Waals surface area contributed by atoms with Crippen molar-refractivity contribution < 1.29 is 12.8 Å². The van der Waals surface area contributed by atoms with E-state index < -0.39 is 10.0 Å². The number of halogens is 2. The average Bonchev–Trinajstić information content (AvgIpc) is 3.33. The molecule has 5 rings (SSSR count). The summed E-state index contributed by atoms with van der Waals surface area (Å²) in [5, 5.41) is 0.628. The smallest absolute Gasteiger partial charge is 0.259 e. The molecule has 0 bridgehead atoms. The summed E-state index contributed by atoms with van der Waals surface area (Å²) in [5.74, 6) is 0.225. The van der Waals surface area contributed by atoms with E-state index in [2.05, 4.69) is 20.7 Å². The van der Waals surface area contributed by atoms with Crippen molar-refractivity contribution in [3.8, 4) is 0 Å². The lowest BCUT2D eigenvalue weighted by Gasteiger charge is -2.35. The second-order valence-electron chi connectivity index (χ2n) is 9.40. The molecule has 2 aliphatic rings. The molecule has 3 aromatic rings. The molecule has 0 saturated carbocycles. The molecule has 1 N–H and O–H groups in total. The number of hydrogen-bond donors (Lipinski definition) is 1. The molecule has 1 fully saturated rings. The highest BCUT2D eigenvalue weighted by Crippen LogP contribution is 2.42. The van der Waals surface area contributed by atoms with Crippen LogP contribution in [0.2, 0.25) is 5.02 Å². The lowest BCUT2D eigenvalue weighted by atomic mass is 9.85. The van der Waals surface area contributed by atoms with Crippen LogP contribution >= 0.6 is 11.6 Å². The molecule has 1 aliphatic carbocycles. The van der Waals surface area contributed by atoms with Gasteiger partial charge in [-0.2, -0.15) is 0 Å². The summed E-state index contributed by atoms with van der Waals surface area (Å²) < 4.78 is 44.3. The van der Waals surface area contributed by atoms with Crippen LogP contribution in [0.1, 0.15) is 34.6 Å². The molecule has 34 heavy (non-hydrogen) atoms. The number of fused-ring (bicyclic) bond motifs is 1. The Bertz CT molecular complexity index is 1310. The number of sulfonamides is 1. The predicted octanol–water partition coefficient (Wildman–Crippen LogP) is 3.90. The van der Waals surface area contributed by atoms with E-state index in [1.165, 1.54) is 18.9 Å². The maximum atomic E-state index is 15.0. The quantitative estimate of drug-likeness (QED) is 0.507. The van der Waals surface area contributed by atoms with Gasteiger partial charge in [0.1, 0.15) is 5.82 Å². The fourth-order valence-electron chi connectivity index (χ4n) is 5.07. The maximum absolute atomic E-state index is 15.0. The number of benzene rings is 2. The minimum absolute atomic E-state index is 0.0787. The van der Waals surface area contributed by atoms with Gasteiger partial charge in [0.25, 0.3) is 10.0 Å². The van der Waals surface area contributed by atoms with Crippen molar-refractivity contribution in [1.29, 1.82) is 0 Å². The largest absolute Gasteiger partial charge is 0.339 e. The topological polar surface area (TPSA) is 67.2 Å².